The lowest BCUT2D eigenvalue weighted by atomic mass is 9.83. The predicted molar refractivity (Wildman–Crippen MR) is 74.4 cm³/mol. The van der Waals surface area contributed by atoms with Gasteiger partial charge in [0.25, 0.3) is 0 Å². The van der Waals surface area contributed by atoms with Crippen molar-refractivity contribution < 1.29 is 4.39 Å². The van der Waals surface area contributed by atoms with Crippen LogP contribution < -0.4 is 5.73 Å². The van der Waals surface area contributed by atoms with Crippen LogP contribution >= 0.6 is 0 Å². The molecule has 0 bridgehead atoms. The summed E-state index contributed by atoms with van der Waals surface area (Å²) in [5.74, 6) is -0.243. The normalized spacial score (nSPS) is 20.3. The number of aromatic nitrogens is 1. The molecule has 2 N–H and O–H groups in total. The van der Waals surface area contributed by atoms with Crippen LogP contribution in [-0.2, 0) is 12.8 Å². The van der Waals surface area contributed by atoms with Crippen LogP contribution in [0.3, 0.4) is 0 Å². The second-order valence-corrected chi connectivity index (χ2v) is 6.17. The summed E-state index contributed by atoms with van der Waals surface area (Å²) >= 11 is 0. The molecule has 98 valence electrons. The molecule has 1 heterocycles. The third kappa shape index (κ3) is 1.57. The van der Waals surface area contributed by atoms with Crippen LogP contribution in [0.5, 0.6) is 0 Å². The van der Waals surface area contributed by atoms with Gasteiger partial charge in [-0.25, -0.2) is 4.39 Å². The number of hydrogen-bond acceptors (Lipinski definition) is 2. The van der Waals surface area contributed by atoms with Crippen molar-refractivity contribution in [3.05, 3.63) is 35.3 Å². The average Bonchev–Trinajstić information content (AvgIpc) is 2.97. The van der Waals surface area contributed by atoms with E-state index >= 15 is 0 Å². The Morgan fingerprint density at radius 1 is 1.16 bits per heavy atom. The third-order valence-corrected chi connectivity index (χ3v) is 4.94. The van der Waals surface area contributed by atoms with Crippen LogP contribution in [0.2, 0.25) is 0 Å². The average molecular weight is 256 g/mol. The van der Waals surface area contributed by atoms with Crippen LogP contribution in [0.15, 0.2) is 18.2 Å². The van der Waals surface area contributed by atoms with Gasteiger partial charge in [0.2, 0.25) is 0 Å². The Labute approximate surface area is 111 Å². The van der Waals surface area contributed by atoms with Crippen molar-refractivity contribution in [2.24, 2.45) is 5.41 Å². The number of nitrogens with two attached hydrogens (primary N) is 1. The van der Waals surface area contributed by atoms with Crippen molar-refractivity contribution in [1.29, 1.82) is 0 Å². The van der Waals surface area contributed by atoms with Gasteiger partial charge in [0.15, 0.2) is 0 Å². The molecule has 2 nitrogen and oxygen atoms in total. The molecule has 1 aromatic heterocycles. The molecular weight excluding hydrogens is 239 g/mol. The summed E-state index contributed by atoms with van der Waals surface area (Å²) in [4.78, 5) is 4.68. The standard InChI is InChI=1S/C16H17FN2/c17-10-3-4-11-13(7-10)19-14-9-16(5-1-2-6-16)8-12(14)15(11)18/h3-4,7H,1-2,5-6,8-9H2,(H2,18,19). The van der Waals surface area contributed by atoms with E-state index in [2.05, 4.69) is 4.98 Å². The van der Waals surface area contributed by atoms with Crippen LogP contribution in [0.25, 0.3) is 10.9 Å². The number of hydrogen-bond donors (Lipinski definition) is 1. The van der Waals surface area contributed by atoms with E-state index < -0.39 is 0 Å². The lowest BCUT2D eigenvalue weighted by molar-refractivity contribution is 0.316. The minimum absolute atomic E-state index is 0.243. The van der Waals surface area contributed by atoms with E-state index in [4.69, 9.17) is 5.73 Å². The minimum atomic E-state index is -0.243. The molecule has 0 unspecified atom stereocenters. The van der Waals surface area contributed by atoms with Crippen molar-refractivity contribution in [1.82, 2.24) is 4.98 Å². The zero-order valence-electron chi connectivity index (χ0n) is 10.9. The molecule has 1 spiro atoms. The SMILES string of the molecule is Nc1c2c(nc3cc(F)ccc13)CC1(CCCC1)C2. The highest BCUT2D eigenvalue weighted by Crippen LogP contribution is 2.50. The summed E-state index contributed by atoms with van der Waals surface area (Å²) in [6, 6.07) is 4.71. The molecule has 0 amide bonds. The number of benzene rings is 1. The third-order valence-electron chi connectivity index (χ3n) is 4.94. The monoisotopic (exact) mass is 256 g/mol. The van der Waals surface area contributed by atoms with Gasteiger partial charge in [-0.3, -0.25) is 4.98 Å². The molecule has 1 aromatic carbocycles. The number of pyridine rings is 1. The topological polar surface area (TPSA) is 38.9 Å². The van der Waals surface area contributed by atoms with E-state index in [0.29, 0.717) is 10.9 Å². The summed E-state index contributed by atoms with van der Waals surface area (Å²) in [5.41, 5.74) is 10.6. The molecule has 2 aliphatic carbocycles. The van der Waals surface area contributed by atoms with Crippen molar-refractivity contribution in [2.45, 2.75) is 38.5 Å². The van der Waals surface area contributed by atoms with Gasteiger partial charge in [0.1, 0.15) is 5.82 Å². The Balaban J connectivity index is 1.90. The van der Waals surface area contributed by atoms with Gasteiger partial charge in [0.05, 0.1) is 5.52 Å². The number of fused-ring (bicyclic) bond motifs is 2. The fraction of sp³-hybridized carbons (Fsp3) is 0.438. The zero-order valence-corrected chi connectivity index (χ0v) is 10.9. The van der Waals surface area contributed by atoms with E-state index in [-0.39, 0.29) is 5.82 Å². The minimum Gasteiger partial charge on any atom is -0.398 e. The zero-order chi connectivity index (χ0) is 13.0. The summed E-state index contributed by atoms with van der Waals surface area (Å²) < 4.78 is 13.3. The predicted octanol–water partition coefficient (Wildman–Crippen LogP) is 3.62. The summed E-state index contributed by atoms with van der Waals surface area (Å²) in [6.07, 6.45) is 7.30. The number of nitrogens with zero attached hydrogens (tertiary/aromatic N) is 1. The first-order valence-electron chi connectivity index (χ1n) is 7.03. The quantitative estimate of drug-likeness (QED) is 0.782. The molecule has 0 saturated heterocycles. The fourth-order valence-corrected chi connectivity index (χ4v) is 3.97. The van der Waals surface area contributed by atoms with Crippen LogP contribution in [0.1, 0.15) is 36.9 Å². The van der Waals surface area contributed by atoms with Crippen molar-refractivity contribution in [3.63, 3.8) is 0 Å². The number of rotatable bonds is 0. The van der Waals surface area contributed by atoms with Crippen molar-refractivity contribution in [3.8, 4) is 0 Å². The van der Waals surface area contributed by atoms with Gasteiger partial charge in [0, 0.05) is 22.8 Å². The molecular formula is C16H17FN2. The van der Waals surface area contributed by atoms with Gasteiger partial charge in [-0.15, -0.1) is 0 Å². The molecule has 2 aliphatic rings. The Morgan fingerprint density at radius 2 is 1.95 bits per heavy atom. The molecule has 4 rings (SSSR count). The van der Waals surface area contributed by atoms with E-state index in [9.17, 15) is 4.39 Å². The first kappa shape index (κ1) is 11.2. The highest BCUT2D eigenvalue weighted by atomic mass is 19.1. The van der Waals surface area contributed by atoms with Crippen LogP contribution in [0.4, 0.5) is 10.1 Å². The molecule has 0 atom stereocenters. The van der Waals surface area contributed by atoms with E-state index in [1.807, 2.05) is 0 Å². The maximum Gasteiger partial charge on any atom is 0.125 e. The highest BCUT2D eigenvalue weighted by molar-refractivity contribution is 5.92. The molecule has 3 heteroatoms. The molecule has 0 aliphatic heterocycles. The Kier molecular flexibility index (Phi) is 2.17. The molecule has 1 saturated carbocycles. The Morgan fingerprint density at radius 3 is 2.74 bits per heavy atom. The molecule has 19 heavy (non-hydrogen) atoms. The van der Waals surface area contributed by atoms with Crippen molar-refractivity contribution >= 4 is 16.6 Å². The summed E-state index contributed by atoms with van der Waals surface area (Å²) in [5, 5.41) is 0.898. The first-order valence-corrected chi connectivity index (χ1v) is 7.03. The van der Waals surface area contributed by atoms with Gasteiger partial charge in [-0.2, -0.15) is 0 Å². The lowest BCUT2D eigenvalue weighted by Crippen LogP contribution is -2.16. The van der Waals surface area contributed by atoms with Crippen LogP contribution in [0, 0.1) is 11.2 Å². The van der Waals surface area contributed by atoms with Gasteiger partial charge < -0.3 is 5.73 Å². The summed E-state index contributed by atoms with van der Waals surface area (Å²) in [7, 11) is 0. The summed E-state index contributed by atoms with van der Waals surface area (Å²) in [6.45, 7) is 0. The first-order chi connectivity index (χ1) is 9.17. The van der Waals surface area contributed by atoms with E-state index in [1.54, 1.807) is 6.07 Å². The lowest BCUT2D eigenvalue weighted by Gasteiger charge is -2.21. The van der Waals surface area contributed by atoms with E-state index in [1.165, 1.54) is 43.4 Å². The Hall–Kier alpha value is -1.64. The van der Waals surface area contributed by atoms with E-state index in [0.717, 1.165) is 29.6 Å². The van der Waals surface area contributed by atoms with Gasteiger partial charge in [-0.1, -0.05) is 12.8 Å². The molecule has 2 aromatic rings. The van der Waals surface area contributed by atoms with Crippen LogP contribution in [-0.4, -0.2) is 4.98 Å². The second kappa shape index (κ2) is 3.69. The Bertz CT molecular complexity index is 672. The smallest absolute Gasteiger partial charge is 0.125 e. The van der Waals surface area contributed by atoms with Gasteiger partial charge in [-0.05, 0) is 48.8 Å². The molecule has 1 fully saturated rings. The largest absolute Gasteiger partial charge is 0.398 e. The maximum atomic E-state index is 13.3. The second-order valence-electron chi connectivity index (χ2n) is 6.17. The number of halogens is 1. The van der Waals surface area contributed by atoms with Crippen molar-refractivity contribution in [2.75, 3.05) is 5.73 Å². The molecule has 0 radical (unpaired) electrons. The fourth-order valence-electron chi connectivity index (χ4n) is 3.97. The maximum absolute atomic E-state index is 13.3. The highest BCUT2D eigenvalue weighted by Gasteiger charge is 2.41. The number of anilines is 1. The van der Waals surface area contributed by atoms with Gasteiger partial charge >= 0.3 is 0 Å². The number of nitrogen functional groups attached to an aromatic ring is 1.